The Morgan fingerprint density at radius 1 is 0.909 bits per heavy atom. The molecule has 0 amide bonds. The second-order valence-electron chi connectivity index (χ2n) is 5.55. The largest absolute Gasteiger partial charge is 0.370 e. The Kier molecular flexibility index (Phi) is 5.96. The molecule has 1 N–H and O–H groups in total. The molecule has 0 atom stereocenters. The summed E-state index contributed by atoms with van der Waals surface area (Å²) in [4.78, 5) is 2.04. The summed E-state index contributed by atoms with van der Waals surface area (Å²) < 4.78 is 14.0. The van der Waals surface area contributed by atoms with Crippen LogP contribution in [-0.2, 0) is 13.1 Å². The predicted molar refractivity (Wildman–Crippen MR) is 91.7 cm³/mol. The number of aryl methyl sites for hydroxylation is 1. The van der Waals surface area contributed by atoms with Crippen LogP contribution in [-0.4, -0.2) is 13.1 Å². The second-order valence-corrected chi connectivity index (χ2v) is 5.55. The number of benzene rings is 2. The summed E-state index contributed by atoms with van der Waals surface area (Å²) >= 11 is 0. The number of nitrogens with one attached hydrogen (secondary N) is 1. The van der Waals surface area contributed by atoms with Crippen LogP contribution in [0.2, 0.25) is 0 Å². The molecule has 0 fully saturated rings. The van der Waals surface area contributed by atoms with Gasteiger partial charge in [0.2, 0.25) is 0 Å². The molecule has 0 heterocycles. The quantitative estimate of drug-likeness (QED) is 0.821. The first-order valence-corrected chi connectivity index (χ1v) is 7.93. The van der Waals surface area contributed by atoms with E-state index < -0.39 is 0 Å². The Balaban J connectivity index is 1.98. The van der Waals surface area contributed by atoms with Gasteiger partial charge in [0, 0.05) is 26.2 Å². The maximum atomic E-state index is 14.0. The summed E-state index contributed by atoms with van der Waals surface area (Å²) in [6, 6.07) is 13.9. The fraction of sp³-hybridized carbons (Fsp3) is 0.368. The van der Waals surface area contributed by atoms with Crippen molar-refractivity contribution >= 4 is 5.69 Å². The normalized spacial score (nSPS) is 10.7. The number of nitrogens with zero attached hydrogens (tertiary/aromatic N) is 1. The van der Waals surface area contributed by atoms with Crippen molar-refractivity contribution in [2.75, 3.05) is 18.0 Å². The highest BCUT2D eigenvalue weighted by Crippen LogP contribution is 2.20. The molecule has 0 saturated carbocycles. The summed E-state index contributed by atoms with van der Waals surface area (Å²) in [5.74, 6) is -0.147. The van der Waals surface area contributed by atoms with Crippen LogP contribution in [0.3, 0.4) is 0 Å². The molecule has 118 valence electrons. The van der Waals surface area contributed by atoms with E-state index in [1.807, 2.05) is 30.9 Å². The molecule has 0 aliphatic heterocycles. The zero-order valence-electron chi connectivity index (χ0n) is 13.7. The van der Waals surface area contributed by atoms with Crippen LogP contribution in [0.4, 0.5) is 10.1 Å². The van der Waals surface area contributed by atoms with E-state index in [2.05, 4.69) is 36.5 Å². The Morgan fingerprint density at radius 3 is 2.14 bits per heavy atom. The van der Waals surface area contributed by atoms with E-state index in [4.69, 9.17) is 0 Å². The molecule has 0 bridgehead atoms. The molecule has 3 heteroatoms. The molecule has 0 aromatic heterocycles. The third kappa shape index (κ3) is 4.31. The number of hydrogen-bond donors (Lipinski definition) is 1. The third-order valence-corrected chi connectivity index (χ3v) is 3.89. The van der Waals surface area contributed by atoms with E-state index >= 15 is 0 Å². The Morgan fingerprint density at radius 2 is 1.50 bits per heavy atom. The van der Waals surface area contributed by atoms with E-state index in [-0.39, 0.29) is 5.82 Å². The van der Waals surface area contributed by atoms with Crippen LogP contribution in [0.15, 0.2) is 42.5 Å². The molecule has 0 saturated heterocycles. The summed E-state index contributed by atoms with van der Waals surface area (Å²) in [5.41, 5.74) is 4.33. The van der Waals surface area contributed by atoms with E-state index in [0.29, 0.717) is 5.69 Å². The van der Waals surface area contributed by atoms with Crippen molar-refractivity contribution in [2.45, 2.75) is 33.9 Å². The molecule has 0 radical (unpaired) electrons. The SMILES string of the molecule is CCN(CC)c1cc(CNCc2ccc(C)cc2)ccc1F. The first kappa shape index (κ1) is 16.5. The van der Waals surface area contributed by atoms with Gasteiger partial charge in [-0.2, -0.15) is 0 Å². The van der Waals surface area contributed by atoms with Crippen molar-refractivity contribution in [3.05, 3.63) is 65.0 Å². The van der Waals surface area contributed by atoms with E-state index in [1.54, 1.807) is 6.07 Å². The molecule has 0 unspecified atom stereocenters. The Bertz CT molecular complexity index is 589. The molecular weight excluding hydrogens is 275 g/mol. The van der Waals surface area contributed by atoms with Crippen LogP contribution < -0.4 is 10.2 Å². The third-order valence-electron chi connectivity index (χ3n) is 3.89. The minimum atomic E-state index is -0.147. The lowest BCUT2D eigenvalue weighted by atomic mass is 10.1. The van der Waals surface area contributed by atoms with Gasteiger partial charge in [0.15, 0.2) is 0 Å². The summed E-state index contributed by atoms with van der Waals surface area (Å²) in [7, 11) is 0. The molecule has 22 heavy (non-hydrogen) atoms. The van der Waals surface area contributed by atoms with Gasteiger partial charge in [0.1, 0.15) is 5.82 Å². The van der Waals surface area contributed by atoms with Gasteiger partial charge >= 0.3 is 0 Å². The Labute approximate surface area is 133 Å². The van der Waals surface area contributed by atoms with Gasteiger partial charge in [0.05, 0.1) is 5.69 Å². The monoisotopic (exact) mass is 300 g/mol. The van der Waals surface area contributed by atoms with Gasteiger partial charge in [-0.1, -0.05) is 35.9 Å². The Hall–Kier alpha value is -1.87. The molecule has 2 aromatic rings. The average Bonchev–Trinajstić information content (AvgIpc) is 2.53. The summed E-state index contributed by atoms with van der Waals surface area (Å²) in [6.45, 7) is 9.36. The van der Waals surface area contributed by atoms with E-state index in [1.165, 1.54) is 11.1 Å². The molecule has 2 rings (SSSR count). The number of rotatable bonds is 7. The van der Waals surface area contributed by atoms with Crippen LogP contribution in [0.25, 0.3) is 0 Å². The lowest BCUT2D eigenvalue weighted by Crippen LogP contribution is -2.23. The van der Waals surface area contributed by atoms with Crippen molar-refractivity contribution < 1.29 is 4.39 Å². The topological polar surface area (TPSA) is 15.3 Å². The zero-order chi connectivity index (χ0) is 15.9. The van der Waals surface area contributed by atoms with E-state index in [0.717, 1.165) is 31.7 Å². The first-order chi connectivity index (χ1) is 10.6. The fourth-order valence-corrected chi connectivity index (χ4v) is 2.53. The van der Waals surface area contributed by atoms with Crippen LogP contribution in [0, 0.1) is 12.7 Å². The fourth-order valence-electron chi connectivity index (χ4n) is 2.53. The summed E-state index contributed by atoms with van der Waals surface area (Å²) in [6.07, 6.45) is 0. The molecule has 0 aliphatic carbocycles. The van der Waals surface area contributed by atoms with Gasteiger partial charge in [0.25, 0.3) is 0 Å². The van der Waals surface area contributed by atoms with Gasteiger partial charge in [-0.25, -0.2) is 4.39 Å². The van der Waals surface area contributed by atoms with Gasteiger partial charge in [-0.05, 0) is 44.0 Å². The summed E-state index contributed by atoms with van der Waals surface area (Å²) in [5, 5.41) is 3.42. The van der Waals surface area contributed by atoms with Crippen molar-refractivity contribution in [2.24, 2.45) is 0 Å². The maximum Gasteiger partial charge on any atom is 0.146 e. The molecule has 2 nitrogen and oxygen atoms in total. The smallest absolute Gasteiger partial charge is 0.146 e. The molecule has 0 aliphatic rings. The van der Waals surface area contributed by atoms with Crippen molar-refractivity contribution in [3.8, 4) is 0 Å². The average molecular weight is 300 g/mol. The second kappa shape index (κ2) is 7.95. The molecule has 2 aromatic carbocycles. The van der Waals surface area contributed by atoms with Gasteiger partial charge in [-0.15, -0.1) is 0 Å². The molecule has 0 spiro atoms. The number of anilines is 1. The predicted octanol–water partition coefficient (Wildman–Crippen LogP) is 4.27. The zero-order valence-corrected chi connectivity index (χ0v) is 13.7. The van der Waals surface area contributed by atoms with Crippen LogP contribution >= 0.6 is 0 Å². The highest BCUT2D eigenvalue weighted by atomic mass is 19.1. The van der Waals surface area contributed by atoms with E-state index in [9.17, 15) is 4.39 Å². The standard InChI is InChI=1S/C19H25FN2/c1-4-22(5-2)19-12-17(10-11-18(19)20)14-21-13-16-8-6-15(3)7-9-16/h6-12,21H,4-5,13-14H2,1-3H3. The lowest BCUT2D eigenvalue weighted by molar-refractivity contribution is 0.617. The number of halogens is 1. The maximum absolute atomic E-state index is 14.0. The van der Waals surface area contributed by atoms with Crippen molar-refractivity contribution in [3.63, 3.8) is 0 Å². The van der Waals surface area contributed by atoms with Crippen LogP contribution in [0.1, 0.15) is 30.5 Å². The minimum absolute atomic E-state index is 0.147. The van der Waals surface area contributed by atoms with Gasteiger partial charge in [-0.3, -0.25) is 0 Å². The molecular formula is C19H25FN2. The van der Waals surface area contributed by atoms with Gasteiger partial charge < -0.3 is 10.2 Å². The first-order valence-electron chi connectivity index (χ1n) is 7.93. The highest BCUT2D eigenvalue weighted by Gasteiger charge is 2.09. The number of hydrogen-bond acceptors (Lipinski definition) is 2. The minimum Gasteiger partial charge on any atom is -0.370 e. The van der Waals surface area contributed by atoms with Crippen molar-refractivity contribution in [1.29, 1.82) is 0 Å². The lowest BCUT2D eigenvalue weighted by Gasteiger charge is -2.22. The van der Waals surface area contributed by atoms with Crippen molar-refractivity contribution in [1.82, 2.24) is 5.32 Å². The van der Waals surface area contributed by atoms with Crippen LogP contribution in [0.5, 0.6) is 0 Å². The highest BCUT2D eigenvalue weighted by molar-refractivity contribution is 5.49.